The maximum Gasteiger partial charge on any atom is 0.310 e. The first kappa shape index (κ1) is 23.9. The highest BCUT2D eigenvalue weighted by Crippen LogP contribution is 2.26. The van der Waals surface area contributed by atoms with Crippen LogP contribution in [0.15, 0.2) is 48.5 Å². The molecule has 7 heteroatoms. The van der Waals surface area contributed by atoms with Crippen LogP contribution in [0, 0.1) is 29.9 Å². The maximum absolute atomic E-state index is 14.8. The number of nitriles is 1. The molecule has 2 aromatic carbocycles. The van der Waals surface area contributed by atoms with Crippen LogP contribution in [-0.4, -0.2) is 16.6 Å². The summed E-state index contributed by atoms with van der Waals surface area (Å²) in [5, 5.41) is 8.84. The molecular weight excluding hydrogens is 426 g/mol. The largest absolute Gasteiger partial charge is 0.473 e. The van der Waals surface area contributed by atoms with E-state index in [4.69, 9.17) is 14.7 Å². The summed E-state index contributed by atoms with van der Waals surface area (Å²) in [6.45, 7) is 6.92. The minimum Gasteiger partial charge on any atom is -0.473 e. The summed E-state index contributed by atoms with van der Waals surface area (Å²) in [4.78, 5) is 16.5. The quantitative estimate of drug-likeness (QED) is 0.453. The molecule has 0 N–H and O–H groups in total. The summed E-state index contributed by atoms with van der Waals surface area (Å²) in [6, 6.07) is 14.1. The number of aryl methyl sites for hydroxylation is 1. The molecule has 0 bridgehead atoms. The Hall–Kier alpha value is -3.79. The Labute approximate surface area is 191 Å². The van der Waals surface area contributed by atoms with Gasteiger partial charge in [0.1, 0.15) is 23.8 Å². The van der Waals surface area contributed by atoms with Crippen LogP contribution in [0.25, 0.3) is 11.3 Å². The number of rotatable bonds is 6. The molecule has 1 heterocycles. The Kier molecular flexibility index (Phi) is 7.07. The minimum atomic E-state index is -0.646. The lowest BCUT2D eigenvalue weighted by Crippen LogP contribution is -2.25. The standard InChI is InChI=1S/C26H24F2N2O3/c1-16-10-19(12-22(28)20(16)13-25(31)33-26(2,3)4)23-6-5-7-24(30-23)32-15-18-9-8-17(14-29)11-21(18)27/h5-12H,13,15H2,1-4H3. The van der Waals surface area contributed by atoms with Crippen LogP contribution < -0.4 is 4.74 Å². The normalized spacial score (nSPS) is 11.1. The van der Waals surface area contributed by atoms with Gasteiger partial charge in [-0.25, -0.2) is 13.8 Å². The Balaban J connectivity index is 1.77. The van der Waals surface area contributed by atoms with Crippen molar-refractivity contribution >= 4 is 5.97 Å². The van der Waals surface area contributed by atoms with Gasteiger partial charge in [0.2, 0.25) is 5.88 Å². The molecule has 0 atom stereocenters. The number of hydrogen-bond donors (Lipinski definition) is 0. The number of pyridine rings is 1. The minimum absolute atomic E-state index is 0.0732. The third-order valence-electron chi connectivity index (χ3n) is 4.74. The molecular formula is C26H24F2N2O3. The predicted molar refractivity (Wildman–Crippen MR) is 119 cm³/mol. The molecule has 5 nitrogen and oxygen atoms in total. The molecule has 1 aromatic heterocycles. The van der Waals surface area contributed by atoms with Gasteiger partial charge in [-0.15, -0.1) is 0 Å². The van der Waals surface area contributed by atoms with Crippen molar-refractivity contribution in [3.8, 4) is 23.2 Å². The van der Waals surface area contributed by atoms with Crippen molar-refractivity contribution in [2.45, 2.75) is 46.3 Å². The number of carbonyl (C=O) groups excluding carboxylic acids is 1. The second kappa shape index (κ2) is 9.78. The first-order chi connectivity index (χ1) is 15.6. The molecule has 0 fully saturated rings. The SMILES string of the molecule is Cc1cc(-c2cccc(OCc3ccc(C#N)cc3F)n2)cc(F)c1CC(=O)OC(C)(C)C. The molecule has 0 saturated carbocycles. The van der Waals surface area contributed by atoms with Crippen molar-refractivity contribution in [1.82, 2.24) is 4.98 Å². The third kappa shape index (κ3) is 6.36. The fourth-order valence-corrected chi connectivity index (χ4v) is 3.21. The zero-order valence-corrected chi connectivity index (χ0v) is 18.9. The van der Waals surface area contributed by atoms with Gasteiger partial charge in [-0.3, -0.25) is 4.79 Å². The highest BCUT2D eigenvalue weighted by atomic mass is 19.1. The van der Waals surface area contributed by atoms with E-state index in [0.717, 1.165) is 6.07 Å². The van der Waals surface area contributed by atoms with E-state index in [9.17, 15) is 13.6 Å². The van der Waals surface area contributed by atoms with Gasteiger partial charge in [0.15, 0.2) is 0 Å². The number of aromatic nitrogens is 1. The maximum atomic E-state index is 14.8. The van der Waals surface area contributed by atoms with Gasteiger partial charge in [-0.2, -0.15) is 5.26 Å². The van der Waals surface area contributed by atoms with E-state index in [1.54, 1.807) is 52.0 Å². The topological polar surface area (TPSA) is 72.2 Å². The summed E-state index contributed by atoms with van der Waals surface area (Å²) in [5.41, 5.74) is 1.73. The summed E-state index contributed by atoms with van der Waals surface area (Å²) in [5.74, 6) is -1.32. The van der Waals surface area contributed by atoms with Crippen molar-refractivity contribution in [2.75, 3.05) is 0 Å². The zero-order valence-electron chi connectivity index (χ0n) is 18.9. The number of benzene rings is 2. The van der Waals surface area contributed by atoms with Crippen LogP contribution in [0.4, 0.5) is 8.78 Å². The Morgan fingerprint density at radius 2 is 1.85 bits per heavy atom. The fraction of sp³-hybridized carbons (Fsp3) is 0.269. The van der Waals surface area contributed by atoms with Gasteiger partial charge in [-0.05, 0) is 63.6 Å². The van der Waals surface area contributed by atoms with Gasteiger partial charge in [-0.1, -0.05) is 12.1 Å². The van der Waals surface area contributed by atoms with Crippen LogP contribution in [0.1, 0.15) is 43.0 Å². The van der Waals surface area contributed by atoms with Gasteiger partial charge < -0.3 is 9.47 Å². The van der Waals surface area contributed by atoms with Crippen molar-refractivity contribution in [2.24, 2.45) is 0 Å². The van der Waals surface area contributed by atoms with Crippen LogP contribution >= 0.6 is 0 Å². The van der Waals surface area contributed by atoms with Crippen LogP contribution in [0.5, 0.6) is 5.88 Å². The van der Waals surface area contributed by atoms with Crippen molar-refractivity contribution in [3.05, 3.63) is 82.4 Å². The molecule has 0 saturated heterocycles. The highest BCUT2D eigenvalue weighted by Gasteiger charge is 2.20. The lowest BCUT2D eigenvalue weighted by Gasteiger charge is -2.20. The van der Waals surface area contributed by atoms with Crippen molar-refractivity contribution in [3.63, 3.8) is 0 Å². The van der Waals surface area contributed by atoms with Gasteiger partial charge in [0, 0.05) is 22.8 Å². The molecule has 0 amide bonds. The molecule has 3 rings (SSSR count). The fourth-order valence-electron chi connectivity index (χ4n) is 3.21. The lowest BCUT2D eigenvalue weighted by atomic mass is 10.00. The molecule has 3 aromatic rings. The number of ether oxygens (including phenoxy) is 2. The number of carbonyl (C=O) groups is 1. The second-order valence-electron chi connectivity index (χ2n) is 8.58. The van der Waals surface area contributed by atoms with E-state index in [0.29, 0.717) is 16.8 Å². The van der Waals surface area contributed by atoms with E-state index < -0.39 is 23.2 Å². The molecule has 0 aliphatic rings. The number of esters is 1. The van der Waals surface area contributed by atoms with Gasteiger partial charge >= 0.3 is 5.97 Å². The third-order valence-corrected chi connectivity index (χ3v) is 4.74. The molecule has 0 unspecified atom stereocenters. The van der Waals surface area contributed by atoms with Crippen LogP contribution in [0.3, 0.4) is 0 Å². The zero-order chi connectivity index (χ0) is 24.2. The number of halogens is 2. The lowest BCUT2D eigenvalue weighted by molar-refractivity contribution is -0.154. The number of nitrogens with zero attached hydrogens (tertiary/aromatic N) is 2. The first-order valence-corrected chi connectivity index (χ1v) is 10.4. The van der Waals surface area contributed by atoms with Crippen LogP contribution in [0.2, 0.25) is 0 Å². The molecule has 0 aliphatic heterocycles. The molecule has 0 radical (unpaired) electrons. The summed E-state index contributed by atoms with van der Waals surface area (Å²) in [7, 11) is 0. The van der Waals surface area contributed by atoms with Crippen molar-refractivity contribution in [1.29, 1.82) is 5.26 Å². The van der Waals surface area contributed by atoms with E-state index in [1.807, 2.05) is 6.07 Å². The molecule has 0 aliphatic carbocycles. The highest BCUT2D eigenvalue weighted by molar-refractivity contribution is 5.74. The molecule has 170 valence electrons. The summed E-state index contributed by atoms with van der Waals surface area (Å²) < 4.78 is 39.8. The van der Waals surface area contributed by atoms with Gasteiger partial charge in [0.05, 0.1) is 23.7 Å². The van der Waals surface area contributed by atoms with E-state index in [2.05, 4.69) is 4.98 Å². The predicted octanol–water partition coefficient (Wildman–Crippen LogP) is 5.67. The summed E-state index contributed by atoms with van der Waals surface area (Å²) in [6.07, 6.45) is -0.165. The Morgan fingerprint density at radius 1 is 1.09 bits per heavy atom. The molecule has 0 spiro atoms. The first-order valence-electron chi connectivity index (χ1n) is 10.4. The van der Waals surface area contributed by atoms with Gasteiger partial charge in [0.25, 0.3) is 0 Å². The number of hydrogen-bond acceptors (Lipinski definition) is 5. The van der Waals surface area contributed by atoms with E-state index in [1.165, 1.54) is 18.2 Å². The summed E-state index contributed by atoms with van der Waals surface area (Å²) >= 11 is 0. The Bertz CT molecular complexity index is 1200. The second-order valence-corrected chi connectivity index (χ2v) is 8.58. The Morgan fingerprint density at radius 3 is 2.48 bits per heavy atom. The smallest absolute Gasteiger partial charge is 0.310 e. The van der Waals surface area contributed by atoms with Crippen LogP contribution in [-0.2, 0) is 22.6 Å². The average Bonchev–Trinajstić information content (AvgIpc) is 2.74. The monoisotopic (exact) mass is 450 g/mol. The van der Waals surface area contributed by atoms with E-state index in [-0.39, 0.29) is 35.6 Å². The van der Waals surface area contributed by atoms with E-state index >= 15 is 0 Å². The molecule has 33 heavy (non-hydrogen) atoms. The van der Waals surface area contributed by atoms with Crippen molar-refractivity contribution < 1.29 is 23.0 Å². The average molecular weight is 450 g/mol.